The second kappa shape index (κ2) is 6.77. The molecular formula is C13H22N2OS. The third kappa shape index (κ3) is 4.88. The van der Waals surface area contributed by atoms with Crippen molar-refractivity contribution in [1.82, 2.24) is 10.6 Å². The second-order valence-corrected chi connectivity index (χ2v) is 5.54. The molecule has 0 radical (unpaired) electrons. The second-order valence-electron chi connectivity index (χ2n) is 4.76. The Kier molecular flexibility index (Phi) is 5.65. The van der Waals surface area contributed by atoms with E-state index in [-0.39, 0.29) is 18.0 Å². The smallest absolute Gasteiger partial charge is 0.234 e. The number of thiophene rings is 1. The van der Waals surface area contributed by atoms with Crippen LogP contribution >= 0.6 is 11.3 Å². The Morgan fingerprint density at radius 3 is 2.59 bits per heavy atom. The van der Waals surface area contributed by atoms with Crippen molar-refractivity contribution in [2.45, 2.75) is 39.8 Å². The average Bonchev–Trinajstić information content (AvgIpc) is 2.79. The zero-order chi connectivity index (χ0) is 12.8. The summed E-state index contributed by atoms with van der Waals surface area (Å²) in [5.74, 6) is 0.529. The monoisotopic (exact) mass is 254 g/mol. The van der Waals surface area contributed by atoms with Crippen molar-refractivity contribution in [2.24, 2.45) is 5.92 Å². The minimum atomic E-state index is 0.0632. The molecule has 0 saturated heterocycles. The van der Waals surface area contributed by atoms with Gasteiger partial charge < -0.3 is 10.6 Å². The van der Waals surface area contributed by atoms with Gasteiger partial charge in [-0.2, -0.15) is 11.3 Å². The van der Waals surface area contributed by atoms with Gasteiger partial charge in [0.25, 0.3) is 0 Å². The van der Waals surface area contributed by atoms with Crippen LogP contribution in [0.25, 0.3) is 0 Å². The third-order valence-corrected chi connectivity index (χ3v) is 3.70. The molecule has 2 unspecified atom stereocenters. The molecule has 2 atom stereocenters. The van der Waals surface area contributed by atoms with Gasteiger partial charge in [-0.25, -0.2) is 0 Å². The van der Waals surface area contributed by atoms with Gasteiger partial charge in [0.15, 0.2) is 0 Å². The van der Waals surface area contributed by atoms with E-state index in [1.807, 2.05) is 6.92 Å². The number of hydrogen-bond acceptors (Lipinski definition) is 3. The first-order chi connectivity index (χ1) is 8.00. The minimum absolute atomic E-state index is 0.0632. The van der Waals surface area contributed by atoms with Gasteiger partial charge in [0.2, 0.25) is 5.91 Å². The molecule has 1 aromatic rings. The van der Waals surface area contributed by atoms with Gasteiger partial charge >= 0.3 is 0 Å². The molecule has 2 N–H and O–H groups in total. The highest BCUT2D eigenvalue weighted by atomic mass is 32.1. The normalized spacial score (nSPS) is 14.6. The first kappa shape index (κ1) is 14.2. The predicted octanol–water partition coefficient (Wildman–Crippen LogP) is 2.56. The lowest BCUT2D eigenvalue weighted by Crippen LogP contribution is -2.41. The van der Waals surface area contributed by atoms with Crippen LogP contribution in [0.2, 0.25) is 0 Å². The van der Waals surface area contributed by atoms with Crippen LogP contribution in [0.3, 0.4) is 0 Å². The topological polar surface area (TPSA) is 41.1 Å². The summed E-state index contributed by atoms with van der Waals surface area (Å²) in [6, 6.07) is 2.53. The summed E-state index contributed by atoms with van der Waals surface area (Å²) in [5.41, 5.74) is 1.24. The first-order valence-electron chi connectivity index (χ1n) is 6.05. The number of nitrogens with one attached hydrogen (secondary N) is 2. The first-order valence-corrected chi connectivity index (χ1v) is 6.99. The fourth-order valence-electron chi connectivity index (χ4n) is 1.36. The predicted molar refractivity (Wildman–Crippen MR) is 73.2 cm³/mol. The third-order valence-electron chi connectivity index (χ3n) is 3.00. The Morgan fingerprint density at radius 2 is 2.06 bits per heavy atom. The van der Waals surface area contributed by atoms with E-state index < -0.39 is 0 Å². The maximum absolute atomic E-state index is 11.7. The molecule has 96 valence electrons. The highest BCUT2D eigenvalue weighted by Gasteiger charge is 2.12. The molecule has 1 aromatic heterocycles. The fraction of sp³-hybridized carbons (Fsp3) is 0.615. The van der Waals surface area contributed by atoms with E-state index in [1.165, 1.54) is 5.56 Å². The largest absolute Gasteiger partial charge is 0.352 e. The van der Waals surface area contributed by atoms with E-state index in [9.17, 15) is 4.79 Å². The fourth-order valence-corrected chi connectivity index (χ4v) is 2.11. The van der Waals surface area contributed by atoms with Gasteiger partial charge in [0, 0.05) is 12.1 Å². The van der Waals surface area contributed by atoms with E-state index in [1.54, 1.807) is 11.3 Å². The summed E-state index contributed by atoms with van der Waals surface area (Å²) >= 11 is 1.68. The Balaban J connectivity index is 2.29. The van der Waals surface area contributed by atoms with Crippen molar-refractivity contribution in [2.75, 3.05) is 6.54 Å². The number of carbonyl (C=O) groups is 1. The summed E-state index contributed by atoms with van der Waals surface area (Å²) in [6.07, 6.45) is 0. The van der Waals surface area contributed by atoms with E-state index in [0.29, 0.717) is 12.5 Å². The van der Waals surface area contributed by atoms with Gasteiger partial charge in [-0.15, -0.1) is 0 Å². The van der Waals surface area contributed by atoms with Gasteiger partial charge in [0.1, 0.15) is 0 Å². The maximum atomic E-state index is 11.7. The molecule has 1 rings (SSSR count). The molecule has 0 aliphatic heterocycles. The van der Waals surface area contributed by atoms with Crippen LogP contribution in [0.5, 0.6) is 0 Å². The number of hydrogen-bond donors (Lipinski definition) is 2. The quantitative estimate of drug-likeness (QED) is 0.819. The molecule has 0 bridgehead atoms. The van der Waals surface area contributed by atoms with E-state index in [2.05, 4.69) is 48.2 Å². The van der Waals surface area contributed by atoms with Crippen LogP contribution in [0.1, 0.15) is 39.3 Å². The highest BCUT2D eigenvalue weighted by molar-refractivity contribution is 7.07. The van der Waals surface area contributed by atoms with Crippen molar-refractivity contribution >= 4 is 17.2 Å². The SMILES string of the molecule is CC(NCC(=O)NC(C)C(C)C)c1ccsc1. The molecule has 17 heavy (non-hydrogen) atoms. The van der Waals surface area contributed by atoms with Crippen LogP contribution in [0, 0.1) is 5.92 Å². The lowest BCUT2D eigenvalue weighted by molar-refractivity contribution is -0.121. The van der Waals surface area contributed by atoms with E-state index >= 15 is 0 Å². The molecule has 3 nitrogen and oxygen atoms in total. The summed E-state index contributed by atoms with van der Waals surface area (Å²) in [5, 5.41) is 10.4. The van der Waals surface area contributed by atoms with Gasteiger partial charge in [-0.3, -0.25) is 4.79 Å². The summed E-state index contributed by atoms with van der Waals surface area (Å²) in [6.45, 7) is 8.68. The van der Waals surface area contributed by atoms with Crippen LogP contribution in [-0.4, -0.2) is 18.5 Å². The zero-order valence-corrected chi connectivity index (χ0v) is 11.8. The average molecular weight is 254 g/mol. The minimum Gasteiger partial charge on any atom is -0.352 e. The zero-order valence-electron chi connectivity index (χ0n) is 11.0. The van der Waals surface area contributed by atoms with Crippen LogP contribution in [0.15, 0.2) is 16.8 Å². The Labute approximate surface area is 108 Å². The van der Waals surface area contributed by atoms with Crippen LogP contribution in [0.4, 0.5) is 0 Å². The van der Waals surface area contributed by atoms with Crippen molar-refractivity contribution in [3.05, 3.63) is 22.4 Å². The molecule has 4 heteroatoms. The van der Waals surface area contributed by atoms with E-state index in [0.717, 1.165) is 0 Å². The lowest BCUT2D eigenvalue weighted by Gasteiger charge is -2.18. The molecule has 1 amide bonds. The summed E-state index contributed by atoms with van der Waals surface area (Å²) < 4.78 is 0. The van der Waals surface area contributed by atoms with Crippen molar-refractivity contribution in [1.29, 1.82) is 0 Å². The van der Waals surface area contributed by atoms with Crippen molar-refractivity contribution in [3.63, 3.8) is 0 Å². The molecule has 0 aromatic carbocycles. The number of amides is 1. The van der Waals surface area contributed by atoms with Gasteiger partial charge in [-0.05, 0) is 42.2 Å². The summed E-state index contributed by atoms with van der Waals surface area (Å²) in [7, 11) is 0. The Bertz CT molecular complexity index is 335. The van der Waals surface area contributed by atoms with Crippen molar-refractivity contribution in [3.8, 4) is 0 Å². The summed E-state index contributed by atoms with van der Waals surface area (Å²) in [4.78, 5) is 11.7. The van der Waals surface area contributed by atoms with Crippen LogP contribution < -0.4 is 10.6 Å². The molecule has 1 heterocycles. The highest BCUT2D eigenvalue weighted by Crippen LogP contribution is 2.14. The number of rotatable bonds is 6. The molecule has 0 spiro atoms. The Morgan fingerprint density at radius 1 is 1.35 bits per heavy atom. The van der Waals surface area contributed by atoms with Crippen LogP contribution in [-0.2, 0) is 4.79 Å². The van der Waals surface area contributed by atoms with Gasteiger partial charge in [-0.1, -0.05) is 13.8 Å². The standard InChI is InChI=1S/C13H22N2OS/c1-9(2)10(3)15-13(16)7-14-11(4)12-5-6-17-8-12/h5-6,8-11,14H,7H2,1-4H3,(H,15,16). The number of carbonyl (C=O) groups excluding carboxylic acids is 1. The molecular weight excluding hydrogens is 232 g/mol. The molecule has 0 aliphatic rings. The lowest BCUT2D eigenvalue weighted by atomic mass is 10.1. The van der Waals surface area contributed by atoms with Gasteiger partial charge in [0.05, 0.1) is 6.54 Å². The molecule has 0 saturated carbocycles. The molecule has 0 aliphatic carbocycles. The maximum Gasteiger partial charge on any atom is 0.234 e. The molecule has 0 fully saturated rings. The van der Waals surface area contributed by atoms with E-state index in [4.69, 9.17) is 0 Å². The Hall–Kier alpha value is -0.870. The van der Waals surface area contributed by atoms with Crippen molar-refractivity contribution < 1.29 is 4.79 Å².